The molecule has 0 heterocycles. The fourth-order valence-electron chi connectivity index (χ4n) is 0.458. The Balaban J connectivity index is 3.76. The van der Waals surface area contributed by atoms with Gasteiger partial charge in [0.25, 0.3) is 0 Å². The Morgan fingerprint density at radius 1 is 1.50 bits per heavy atom. The van der Waals surface area contributed by atoms with E-state index in [1.54, 1.807) is 0 Å². The van der Waals surface area contributed by atoms with Crippen LogP contribution < -0.4 is 10.6 Å². The minimum Gasteiger partial charge on any atom is -0.366 e. The lowest BCUT2D eigenvalue weighted by molar-refractivity contribution is 0.444. The highest BCUT2D eigenvalue weighted by atomic mass is 32.1. The van der Waals surface area contributed by atoms with Crippen LogP contribution in [-0.2, 0) is 0 Å². The van der Waals surface area contributed by atoms with Crippen molar-refractivity contribution in [2.24, 2.45) is 0 Å². The lowest BCUT2D eigenvalue weighted by Gasteiger charge is -2.25. The maximum absolute atomic E-state index is 4.95. The van der Waals surface area contributed by atoms with Crippen LogP contribution in [0.15, 0.2) is 0 Å². The minimum atomic E-state index is 0.111. The number of hydrogen-bond acceptors (Lipinski definition) is 1. The minimum absolute atomic E-state index is 0.111. The Morgan fingerprint density at radius 2 is 2.00 bits per heavy atom. The summed E-state index contributed by atoms with van der Waals surface area (Å²) in [5, 5.41) is 6.77. The van der Waals surface area contributed by atoms with Crippen molar-refractivity contribution in [2.45, 2.75) is 32.7 Å². The summed E-state index contributed by atoms with van der Waals surface area (Å²) in [6, 6.07) is 0. The van der Waals surface area contributed by atoms with E-state index in [0.29, 0.717) is 5.11 Å². The molecule has 0 saturated heterocycles. The predicted octanol–water partition coefficient (Wildman–Crippen LogP) is 1.27. The molecule has 0 aliphatic rings. The molecule has 0 spiro atoms. The zero-order chi connectivity index (χ0) is 8.20. The molecular formula is C7H16N2S. The smallest absolute Gasteiger partial charge is 0.166 e. The van der Waals surface area contributed by atoms with Gasteiger partial charge in [-0.05, 0) is 32.5 Å². The number of thiocarbonyl (C=S) groups is 1. The zero-order valence-corrected chi connectivity index (χ0v) is 7.93. The standard InChI is InChI=1S/C7H16N2S/c1-5-7(2,3)9-6(10)8-4/h5H2,1-4H3,(H2,8,9,10). The van der Waals surface area contributed by atoms with Gasteiger partial charge in [-0.3, -0.25) is 0 Å². The molecule has 0 atom stereocenters. The van der Waals surface area contributed by atoms with Crippen molar-refractivity contribution in [2.75, 3.05) is 7.05 Å². The Hall–Kier alpha value is -0.310. The van der Waals surface area contributed by atoms with E-state index in [9.17, 15) is 0 Å². The molecule has 0 amide bonds. The first-order valence-electron chi connectivity index (χ1n) is 3.51. The van der Waals surface area contributed by atoms with Crippen LogP contribution in [0.3, 0.4) is 0 Å². The second-order valence-electron chi connectivity index (χ2n) is 2.94. The molecule has 0 aliphatic carbocycles. The molecule has 0 radical (unpaired) electrons. The maximum atomic E-state index is 4.95. The van der Waals surface area contributed by atoms with E-state index in [4.69, 9.17) is 12.2 Å². The van der Waals surface area contributed by atoms with Gasteiger partial charge in [-0.2, -0.15) is 0 Å². The van der Waals surface area contributed by atoms with E-state index >= 15 is 0 Å². The predicted molar refractivity (Wildman–Crippen MR) is 49.2 cm³/mol. The van der Waals surface area contributed by atoms with E-state index in [-0.39, 0.29) is 5.54 Å². The Morgan fingerprint density at radius 3 is 2.30 bits per heavy atom. The molecule has 0 aromatic carbocycles. The zero-order valence-electron chi connectivity index (χ0n) is 7.12. The van der Waals surface area contributed by atoms with Gasteiger partial charge in [-0.1, -0.05) is 6.92 Å². The molecule has 10 heavy (non-hydrogen) atoms. The molecule has 0 saturated carbocycles. The summed E-state index contributed by atoms with van der Waals surface area (Å²) in [5.41, 5.74) is 0.111. The van der Waals surface area contributed by atoms with Gasteiger partial charge in [-0.25, -0.2) is 0 Å². The molecule has 0 aromatic heterocycles. The van der Waals surface area contributed by atoms with Gasteiger partial charge in [0.2, 0.25) is 0 Å². The number of rotatable bonds is 2. The van der Waals surface area contributed by atoms with Gasteiger partial charge in [0, 0.05) is 12.6 Å². The Labute approximate surface area is 68.4 Å². The summed E-state index contributed by atoms with van der Waals surface area (Å²) in [5.74, 6) is 0. The molecule has 60 valence electrons. The van der Waals surface area contributed by atoms with Crippen LogP contribution in [0.5, 0.6) is 0 Å². The Kier molecular flexibility index (Phi) is 3.64. The van der Waals surface area contributed by atoms with Gasteiger partial charge < -0.3 is 10.6 Å². The average Bonchev–Trinajstić information content (AvgIpc) is 1.87. The summed E-state index contributed by atoms with van der Waals surface area (Å²) >= 11 is 4.95. The van der Waals surface area contributed by atoms with Crippen LogP contribution in [-0.4, -0.2) is 17.7 Å². The maximum Gasteiger partial charge on any atom is 0.166 e. The fraction of sp³-hybridized carbons (Fsp3) is 0.857. The van der Waals surface area contributed by atoms with Crippen molar-refractivity contribution in [3.05, 3.63) is 0 Å². The summed E-state index contributed by atoms with van der Waals surface area (Å²) in [4.78, 5) is 0. The van der Waals surface area contributed by atoms with E-state index in [1.807, 2.05) is 7.05 Å². The summed E-state index contributed by atoms with van der Waals surface area (Å²) in [7, 11) is 1.82. The molecule has 3 heteroatoms. The van der Waals surface area contributed by atoms with Gasteiger partial charge in [-0.15, -0.1) is 0 Å². The van der Waals surface area contributed by atoms with Crippen molar-refractivity contribution in [1.82, 2.24) is 10.6 Å². The molecule has 0 aliphatic heterocycles. The number of nitrogens with one attached hydrogen (secondary N) is 2. The largest absolute Gasteiger partial charge is 0.366 e. The van der Waals surface area contributed by atoms with E-state index in [2.05, 4.69) is 31.4 Å². The highest BCUT2D eigenvalue weighted by molar-refractivity contribution is 7.80. The Bertz CT molecular complexity index is 121. The molecule has 0 fully saturated rings. The second-order valence-corrected chi connectivity index (χ2v) is 3.35. The van der Waals surface area contributed by atoms with Crippen LogP contribution in [0.1, 0.15) is 27.2 Å². The lowest BCUT2D eigenvalue weighted by atomic mass is 10.0. The lowest BCUT2D eigenvalue weighted by Crippen LogP contribution is -2.46. The second kappa shape index (κ2) is 3.76. The summed E-state index contributed by atoms with van der Waals surface area (Å²) in [6.07, 6.45) is 1.06. The van der Waals surface area contributed by atoms with E-state index in [1.165, 1.54) is 0 Å². The first-order chi connectivity index (χ1) is 4.52. The first-order valence-corrected chi connectivity index (χ1v) is 3.92. The molecule has 0 aromatic rings. The average molecular weight is 160 g/mol. The summed E-state index contributed by atoms with van der Waals surface area (Å²) in [6.45, 7) is 6.37. The van der Waals surface area contributed by atoms with Crippen LogP contribution in [0.25, 0.3) is 0 Å². The summed E-state index contributed by atoms with van der Waals surface area (Å²) < 4.78 is 0. The van der Waals surface area contributed by atoms with Gasteiger partial charge >= 0.3 is 0 Å². The molecular weight excluding hydrogens is 144 g/mol. The number of hydrogen-bond donors (Lipinski definition) is 2. The van der Waals surface area contributed by atoms with Crippen LogP contribution in [0, 0.1) is 0 Å². The SMILES string of the molecule is CCC(C)(C)NC(=S)NC. The molecule has 2 nitrogen and oxygen atoms in total. The van der Waals surface area contributed by atoms with Gasteiger partial charge in [0.15, 0.2) is 5.11 Å². The molecule has 0 unspecified atom stereocenters. The van der Waals surface area contributed by atoms with Crippen molar-refractivity contribution in [1.29, 1.82) is 0 Å². The molecule has 0 rings (SSSR count). The topological polar surface area (TPSA) is 24.1 Å². The quantitative estimate of drug-likeness (QED) is 0.595. The monoisotopic (exact) mass is 160 g/mol. The van der Waals surface area contributed by atoms with Crippen molar-refractivity contribution >= 4 is 17.3 Å². The van der Waals surface area contributed by atoms with Crippen molar-refractivity contribution in [3.8, 4) is 0 Å². The van der Waals surface area contributed by atoms with Crippen molar-refractivity contribution in [3.63, 3.8) is 0 Å². The normalized spacial score (nSPS) is 10.8. The van der Waals surface area contributed by atoms with Gasteiger partial charge in [0.05, 0.1) is 0 Å². The third kappa shape index (κ3) is 3.67. The third-order valence-corrected chi connectivity index (χ3v) is 1.87. The van der Waals surface area contributed by atoms with E-state index in [0.717, 1.165) is 6.42 Å². The third-order valence-electron chi connectivity index (χ3n) is 1.56. The van der Waals surface area contributed by atoms with Crippen LogP contribution in [0.2, 0.25) is 0 Å². The molecule has 0 bridgehead atoms. The highest BCUT2D eigenvalue weighted by Crippen LogP contribution is 2.05. The fourth-order valence-corrected chi connectivity index (χ4v) is 0.735. The van der Waals surface area contributed by atoms with Gasteiger partial charge in [0.1, 0.15) is 0 Å². The van der Waals surface area contributed by atoms with Crippen molar-refractivity contribution < 1.29 is 0 Å². The van der Waals surface area contributed by atoms with Crippen LogP contribution in [0.4, 0.5) is 0 Å². The first kappa shape index (κ1) is 9.69. The highest BCUT2D eigenvalue weighted by Gasteiger charge is 2.14. The van der Waals surface area contributed by atoms with Crippen LogP contribution >= 0.6 is 12.2 Å². The molecule has 2 N–H and O–H groups in total. The van der Waals surface area contributed by atoms with E-state index < -0.39 is 0 Å².